The first-order valence-corrected chi connectivity index (χ1v) is 8.89. The Hall–Kier alpha value is -0.950. The van der Waals surface area contributed by atoms with Gasteiger partial charge in [-0.25, -0.2) is 9.78 Å². The van der Waals surface area contributed by atoms with E-state index in [2.05, 4.69) is 9.88 Å². The molecular weight excluding hydrogens is 328 g/mol. The smallest absolute Gasteiger partial charge is 0.355 e. The van der Waals surface area contributed by atoms with Crippen molar-refractivity contribution in [3.63, 3.8) is 0 Å². The Labute approximate surface area is 136 Å². The molecule has 21 heavy (non-hydrogen) atoms. The van der Waals surface area contributed by atoms with Crippen molar-refractivity contribution in [2.45, 2.75) is 25.3 Å². The van der Waals surface area contributed by atoms with Gasteiger partial charge in [-0.2, -0.15) is 0 Å². The lowest BCUT2D eigenvalue weighted by atomic mass is 9.99. The van der Waals surface area contributed by atoms with E-state index in [9.17, 15) is 4.79 Å². The molecule has 1 fully saturated rings. The van der Waals surface area contributed by atoms with Crippen molar-refractivity contribution in [2.75, 3.05) is 13.1 Å². The molecule has 0 amide bonds. The summed E-state index contributed by atoms with van der Waals surface area (Å²) in [6.07, 6.45) is 2.19. The van der Waals surface area contributed by atoms with Crippen molar-refractivity contribution in [3.8, 4) is 0 Å². The molecule has 0 bridgehead atoms. The molecule has 2 aromatic rings. The van der Waals surface area contributed by atoms with Gasteiger partial charge in [0.1, 0.15) is 0 Å². The van der Waals surface area contributed by atoms with Crippen LogP contribution in [0.1, 0.15) is 39.1 Å². The zero-order valence-electron chi connectivity index (χ0n) is 11.3. The predicted molar refractivity (Wildman–Crippen MR) is 85.7 cm³/mol. The Balaban J connectivity index is 1.66. The Bertz CT molecular complexity index is 640. The number of thiazole rings is 1. The number of nitrogens with zero attached hydrogens (tertiary/aromatic N) is 2. The average Bonchev–Trinajstić information content (AvgIpc) is 3.08. The predicted octanol–water partition coefficient (Wildman–Crippen LogP) is 3.94. The molecule has 0 saturated carbocycles. The van der Waals surface area contributed by atoms with Crippen LogP contribution in [0.25, 0.3) is 0 Å². The van der Waals surface area contributed by atoms with Crippen molar-refractivity contribution < 1.29 is 9.90 Å². The molecule has 1 atom stereocenters. The number of carboxylic acids is 1. The average molecular weight is 343 g/mol. The van der Waals surface area contributed by atoms with Gasteiger partial charge in [0.2, 0.25) is 0 Å². The maximum atomic E-state index is 10.9. The van der Waals surface area contributed by atoms with Gasteiger partial charge in [0, 0.05) is 34.6 Å². The first kappa shape index (κ1) is 15.0. The Morgan fingerprint density at radius 2 is 2.33 bits per heavy atom. The van der Waals surface area contributed by atoms with Gasteiger partial charge in [-0.15, -0.1) is 22.7 Å². The zero-order valence-corrected chi connectivity index (χ0v) is 13.7. The highest BCUT2D eigenvalue weighted by Crippen LogP contribution is 2.31. The van der Waals surface area contributed by atoms with E-state index in [-0.39, 0.29) is 5.69 Å². The number of aromatic carboxylic acids is 1. The fraction of sp³-hybridized carbons (Fsp3) is 0.429. The molecule has 0 aromatic carbocycles. The highest BCUT2D eigenvalue weighted by Gasteiger charge is 2.24. The summed E-state index contributed by atoms with van der Waals surface area (Å²) in [4.78, 5) is 18.9. The quantitative estimate of drug-likeness (QED) is 0.914. The summed E-state index contributed by atoms with van der Waals surface area (Å²) in [6.45, 7) is 2.91. The third-order valence-electron chi connectivity index (χ3n) is 3.60. The van der Waals surface area contributed by atoms with Crippen LogP contribution in [-0.2, 0) is 6.54 Å². The molecule has 3 rings (SSSR count). The van der Waals surface area contributed by atoms with Crippen LogP contribution in [0.15, 0.2) is 16.8 Å². The second-order valence-corrected chi connectivity index (χ2v) is 7.50. The van der Waals surface area contributed by atoms with Gasteiger partial charge in [0.25, 0.3) is 0 Å². The monoisotopic (exact) mass is 342 g/mol. The summed E-state index contributed by atoms with van der Waals surface area (Å²) < 4.78 is 0. The van der Waals surface area contributed by atoms with Crippen LogP contribution in [0.4, 0.5) is 0 Å². The summed E-state index contributed by atoms with van der Waals surface area (Å²) >= 11 is 9.11. The van der Waals surface area contributed by atoms with Crippen LogP contribution in [0.5, 0.6) is 0 Å². The molecule has 1 N–H and O–H groups in total. The first-order chi connectivity index (χ1) is 10.1. The van der Waals surface area contributed by atoms with E-state index in [0.717, 1.165) is 42.5 Å². The number of rotatable bonds is 4. The molecule has 1 saturated heterocycles. The van der Waals surface area contributed by atoms with Crippen LogP contribution in [0.3, 0.4) is 0 Å². The second kappa shape index (κ2) is 6.44. The van der Waals surface area contributed by atoms with Gasteiger partial charge in [0.15, 0.2) is 5.69 Å². The van der Waals surface area contributed by atoms with E-state index < -0.39 is 5.97 Å². The van der Waals surface area contributed by atoms with E-state index >= 15 is 0 Å². The fourth-order valence-corrected chi connectivity index (χ4v) is 4.67. The standard InChI is InChI=1S/C14H15ClN2O2S2/c15-10-4-11(20-7-10)6-17-3-1-2-9(5-17)13-16-12(8-21-13)14(18)19/h4,7-9H,1-3,5-6H2,(H,18,19). The Morgan fingerprint density at radius 1 is 1.48 bits per heavy atom. The third kappa shape index (κ3) is 3.63. The molecule has 1 aliphatic rings. The van der Waals surface area contributed by atoms with Crippen molar-refractivity contribution in [2.24, 2.45) is 0 Å². The highest BCUT2D eigenvalue weighted by atomic mass is 35.5. The van der Waals surface area contributed by atoms with Crippen molar-refractivity contribution in [3.05, 3.63) is 37.4 Å². The summed E-state index contributed by atoms with van der Waals surface area (Å²) in [5.41, 5.74) is 0.164. The van der Waals surface area contributed by atoms with Crippen LogP contribution < -0.4 is 0 Å². The largest absolute Gasteiger partial charge is 0.476 e. The Kier molecular flexibility index (Phi) is 4.59. The van der Waals surface area contributed by atoms with Crippen molar-refractivity contribution >= 4 is 40.2 Å². The molecule has 1 aliphatic heterocycles. The number of carboxylic acid groups (broad SMARTS) is 1. The molecule has 112 valence electrons. The molecule has 0 aliphatic carbocycles. The van der Waals surface area contributed by atoms with E-state index in [1.807, 2.05) is 11.4 Å². The SMILES string of the molecule is O=C(O)c1csc(C2CCCN(Cc3cc(Cl)cs3)C2)n1. The minimum atomic E-state index is -0.946. The number of thiophene rings is 1. The molecule has 1 unspecified atom stereocenters. The van der Waals surface area contributed by atoms with E-state index in [1.165, 1.54) is 16.2 Å². The normalized spacial score (nSPS) is 19.8. The topological polar surface area (TPSA) is 53.4 Å². The van der Waals surface area contributed by atoms with Gasteiger partial charge in [-0.1, -0.05) is 11.6 Å². The number of aromatic nitrogens is 1. The van der Waals surface area contributed by atoms with Gasteiger partial charge in [-0.05, 0) is 25.5 Å². The molecule has 7 heteroatoms. The highest BCUT2D eigenvalue weighted by molar-refractivity contribution is 7.10. The molecule has 2 aromatic heterocycles. The van der Waals surface area contributed by atoms with E-state index in [4.69, 9.17) is 16.7 Å². The molecule has 0 radical (unpaired) electrons. The first-order valence-electron chi connectivity index (χ1n) is 6.76. The molecular formula is C14H15ClN2O2S2. The van der Waals surface area contributed by atoms with Gasteiger partial charge >= 0.3 is 5.97 Å². The maximum absolute atomic E-state index is 10.9. The minimum Gasteiger partial charge on any atom is -0.476 e. The van der Waals surface area contributed by atoms with Gasteiger partial charge < -0.3 is 5.11 Å². The summed E-state index contributed by atoms with van der Waals surface area (Å²) in [5, 5.41) is 14.3. The van der Waals surface area contributed by atoms with Crippen LogP contribution in [0.2, 0.25) is 5.02 Å². The summed E-state index contributed by atoms with van der Waals surface area (Å²) in [6, 6.07) is 2.02. The van der Waals surface area contributed by atoms with Crippen LogP contribution in [0, 0.1) is 0 Å². The number of halogens is 1. The lowest BCUT2D eigenvalue weighted by Crippen LogP contribution is -2.33. The lowest BCUT2D eigenvalue weighted by molar-refractivity contribution is 0.0691. The maximum Gasteiger partial charge on any atom is 0.355 e. The Morgan fingerprint density at radius 3 is 3.00 bits per heavy atom. The number of likely N-dealkylation sites (tertiary alicyclic amines) is 1. The number of carbonyl (C=O) groups is 1. The third-order valence-corrected chi connectivity index (χ3v) is 5.87. The van der Waals surface area contributed by atoms with Gasteiger partial charge in [-0.3, -0.25) is 4.90 Å². The summed E-state index contributed by atoms with van der Waals surface area (Å²) in [5.74, 6) is -0.606. The van der Waals surface area contributed by atoms with Crippen molar-refractivity contribution in [1.82, 2.24) is 9.88 Å². The van der Waals surface area contributed by atoms with Crippen molar-refractivity contribution in [1.29, 1.82) is 0 Å². The second-order valence-electron chi connectivity index (χ2n) is 5.18. The number of hydrogen-bond acceptors (Lipinski definition) is 5. The van der Waals surface area contributed by atoms with Gasteiger partial charge in [0.05, 0.1) is 10.0 Å². The fourth-order valence-electron chi connectivity index (χ4n) is 2.63. The van der Waals surface area contributed by atoms with Crippen LogP contribution >= 0.6 is 34.3 Å². The van der Waals surface area contributed by atoms with E-state index in [0.29, 0.717) is 5.92 Å². The van der Waals surface area contributed by atoms with E-state index in [1.54, 1.807) is 16.7 Å². The molecule has 0 spiro atoms. The van der Waals surface area contributed by atoms with Crippen LogP contribution in [-0.4, -0.2) is 34.0 Å². The molecule has 4 nitrogen and oxygen atoms in total. The lowest BCUT2D eigenvalue weighted by Gasteiger charge is -2.31. The summed E-state index contributed by atoms with van der Waals surface area (Å²) in [7, 11) is 0. The zero-order chi connectivity index (χ0) is 14.8. The molecule has 3 heterocycles. The number of hydrogen-bond donors (Lipinski definition) is 1. The minimum absolute atomic E-state index is 0.164. The number of piperidine rings is 1.